The molecule has 0 unspecified atom stereocenters. The summed E-state index contributed by atoms with van der Waals surface area (Å²) in [7, 11) is 0. The number of nitrogens with one attached hydrogen (secondary N) is 1. The number of thioether (sulfide) groups is 1. The lowest BCUT2D eigenvalue weighted by molar-refractivity contribution is 0.0956. The average Bonchev–Trinajstić information content (AvgIpc) is 2.70. The molecular formula is C21H25FN2OS. The van der Waals surface area contributed by atoms with E-state index in [9.17, 15) is 9.18 Å². The van der Waals surface area contributed by atoms with Gasteiger partial charge < -0.3 is 10.2 Å². The Morgan fingerprint density at radius 1 is 1.04 bits per heavy atom. The molecule has 1 saturated heterocycles. The van der Waals surface area contributed by atoms with E-state index in [0.29, 0.717) is 23.4 Å². The van der Waals surface area contributed by atoms with E-state index in [4.69, 9.17) is 0 Å². The van der Waals surface area contributed by atoms with Gasteiger partial charge in [-0.05, 0) is 55.2 Å². The van der Waals surface area contributed by atoms with Crippen molar-refractivity contribution in [3.8, 4) is 0 Å². The molecule has 1 amide bonds. The van der Waals surface area contributed by atoms with Gasteiger partial charge in [0.15, 0.2) is 0 Å². The van der Waals surface area contributed by atoms with Gasteiger partial charge >= 0.3 is 0 Å². The zero-order valence-corrected chi connectivity index (χ0v) is 15.7. The molecule has 1 aliphatic heterocycles. The molecule has 0 saturated carbocycles. The second-order valence-corrected chi connectivity index (χ2v) is 7.60. The molecule has 0 atom stereocenters. The van der Waals surface area contributed by atoms with Crippen LogP contribution in [0.25, 0.3) is 0 Å². The SMILES string of the molecule is O=C(NCCSCc1ccccc1F)c1ccc(N2CCCCC2)cc1. The van der Waals surface area contributed by atoms with Crippen molar-refractivity contribution < 1.29 is 9.18 Å². The van der Waals surface area contributed by atoms with Gasteiger partial charge in [-0.15, -0.1) is 0 Å². The van der Waals surface area contributed by atoms with Gasteiger partial charge in [-0.25, -0.2) is 4.39 Å². The van der Waals surface area contributed by atoms with Crippen molar-refractivity contribution >= 4 is 23.4 Å². The van der Waals surface area contributed by atoms with Crippen LogP contribution in [-0.4, -0.2) is 31.3 Å². The van der Waals surface area contributed by atoms with Crippen molar-refractivity contribution in [3.63, 3.8) is 0 Å². The van der Waals surface area contributed by atoms with Gasteiger partial charge in [0.2, 0.25) is 0 Å². The van der Waals surface area contributed by atoms with Crippen molar-refractivity contribution in [2.75, 3.05) is 30.3 Å². The lowest BCUT2D eigenvalue weighted by atomic mass is 10.1. The monoisotopic (exact) mass is 372 g/mol. The molecule has 1 aliphatic rings. The lowest BCUT2D eigenvalue weighted by Gasteiger charge is -2.28. The largest absolute Gasteiger partial charge is 0.372 e. The van der Waals surface area contributed by atoms with E-state index in [0.717, 1.165) is 18.8 Å². The van der Waals surface area contributed by atoms with Crippen molar-refractivity contribution in [3.05, 3.63) is 65.5 Å². The van der Waals surface area contributed by atoms with Gasteiger partial charge in [-0.3, -0.25) is 4.79 Å². The van der Waals surface area contributed by atoms with Crippen molar-refractivity contribution in [1.82, 2.24) is 5.32 Å². The molecule has 3 rings (SSSR count). The molecule has 0 aliphatic carbocycles. The van der Waals surface area contributed by atoms with Gasteiger partial charge in [0, 0.05) is 42.4 Å². The minimum absolute atomic E-state index is 0.0540. The summed E-state index contributed by atoms with van der Waals surface area (Å²) in [5.41, 5.74) is 2.59. The number of anilines is 1. The number of hydrogen-bond acceptors (Lipinski definition) is 3. The van der Waals surface area contributed by atoms with Gasteiger partial charge in [-0.2, -0.15) is 11.8 Å². The second kappa shape index (κ2) is 9.62. The Bertz CT molecular complexity index is 714. The molecule has 5 heteroatoms. The third-order valence-corrected chi connectivity index (χ3v) is 5.61. The zero-order chi connectivity index (χ0) is 18.2. The van der Waals surface area contributed by atoms with E-state index in [2.05, 4.69) is 10.2 Å². The molecule has 26 heavy (non-hydrogen) atoms. The summed E-state index contributed by atoms with van der Waals surface area (Å²) >= 11 is 1.62. The van der Waals surface area contributed by atoms with Gasteiger partial charge in [-0.1, -0.05) is 18.2 Å². The van der Waals surface area contributed by atoms with E-state index < -0.39 is 0 Å². The topological polar surface area (TPSA) is 32.3 Å². The van der Waals surface area contributed by atoms with Crippen molar-refractivity contribution in [2.45, 2.75) is 25.0 Å². The molecule has 1 N–H and O–H groups in total. The first kappa shape index (κ1) is 18.8. The molecule has 3 nitrogen and oxygen atoms in total. The number of hydrogen-bond donors (Lipinski definition) is 1. The fraction of sp³-hybridized carbons (Fsp3) is 0.381. The van der Waals surface area contributed by atoms with Crippen LogP contribution in [0, 0.1) is 5.82 Å². The third-order valence-electron chi connectivity index (χ3n) is 4.60. The fourth-order valence-corrected chi connectivity index (χ4v) is 3.96. The standard InChI is InChI=1S/C21H25FN2OS/c22-20-7-3-2-6-18(20)16-26-15-12-23-21(25)17-8-10-19(11-9-17)24-13-4-1-5-14-24/h2-3,6-11H,1,4-5,12-16H2,(H,23,25). The van der Waals surface area contributed by atoms with Crippen LogP contribution in [0.1, 0.15) is 35.2 Å². The zero-order valence-electron chi connectivity index (χ0n) is 14.9. The molecular weight excluding hydrogens is 347 g/mol. The number of benzene rings is 2. The van der Waals surface area contributed by atoms with E-state index >= 15 is 0 Å². The van der Waals surface area contributed by atoms with E-state index in [1.807, 2.05) is 30.3 Å². The molecule has 0 spiro atoms. The molecule has 2 aromatic carbocycles. The number of halogens is 1. The van der Waals surface area contributed by atoms with Crippen LogP contribution >= 0.6 is 11.8 Å². The number of carbonyl (C=O) groups is 1. The highest BCUT2D eigenvalue weighted by molar-refractivity contribution is 7.98. The van der Waals surface area contributed by atoms with Crippen molar-refractivity contribution in [1.29, 1.82) is 0 Å². The van der Waals surface area contributed by atoms with Crippen LogP contribution in [0.3, 0.4) is 0 Å². The number of piperidine rings is 1. The minimum atomic E-state index is -0.169. The second-order valence-electron chi connectivity index (χ2n) is 6.49. The van der Waals surface area contributed by atoms with Gasteiger partial charge in [0.25, 0.3) is 5.91 Å². The summed E-state index contributed by atoms with van der Waals surface area (Å²) in [5, 5.41) is 2.93. The maximum atomic E-state index is 13.5. The summed E-state index contributed by atoms with van der Waals surface area (Å²) in [6, 6.07) is 14.7. The number of amides is 1. The van der Waals surface area contributed by atoms with Crippen LogP contribution in [0.2, 0.25) is 0 Å². The number of carbonyl (C=O) groups excluding carboxylic acids is 1. The maximum absolute atomic E-state index is 13.5. The summed E-state index contributed by atoms with van der Waals surface area (Å²) in [5.74, 6) is 1.15. The Morgan fingerprint density at radius 2 is 1.77 bits per heavy atom. The van der Waals surface area contributed by atoms with Crippen LogP contribution < -0.4 is 10.2 Å². The van der Waals surface area contributed by atoms with Crippen LogP contribution in [0.5, 0.6) is 0 Å². The molecule has 138 valence electrons. The molecule has 0 aromatic heterocycles. The summed E-state index contributed by atoms with van der Waals surface area (Å²) < 4.78 is 13.5. The first-order valence-electron chi connectivity index (χ1n) is 9.18. The highest BCUT2D eigenvalue weighted by atomic mass is 32.2. The first-order valence-corrected chi connectivity index (χ1v) is 10.3. The van der Waals surface area contributed by atoms with E-state index in [-0.39, 0.29) is 11.7 Å². The maximum Gasteiger partial charge on any atom is 0.251 e. The molecule has 0 radical (unpaired) electrons. The minimum Gasteiger partial charge on any atom is -0.372 e. The molecule has 0 bridgehead atoms. The predicted molar refractivity (Wildman–Crippen MR) is 107 cm³/mol. The van der Waals surface area contributed by atoms with Gasteiger partial charge in [0.1, 0.15) is 5.82 Å². The van der Waals surface area contributed by atoms with E-state index in [1.165, 1.54) is 31.0 Å². The summed E-state index contributed by atoms with van der Waals surface area (Å²) in [6.45, 7) is 2.78. The average molecular weight is 373 g/mol. The predicted octanol–water partition coefficient (Wildman–Crippen LogP) is 4.48. The molecule has 1 fully saturated rings. The quantitative estimate of drug-likeness (QED) is 0.728. The lowest BCUT2D eigenvalue weighted by Crippen LogP contribution is -2.29. The highest BCUT2D eigenvalue weighted by Crippen LogP contribution is 2.20. The third kappa shape index (κ3) is 5.24. The smallest absolute Gasteiger partial charge is 0.251 e. The number of rotatable bonds is 7. The fourth-order valence-electron chi connectivity index (χ4n) is 3.11. The Hall–Kier alpha value is -2.01. The Kier molecular flexibility index (Phi) is 6.95. The molecule has 1 heterocycles. The number of nitrogens with zero attached hydrogens (tertiary/aromatic N) is 1. The van der Waals surface area contributed by atoms with Crippen molar-refractivity contribution in [2.24, 2.45) is 0 Å². The molecule has 2 aromatic rings. The van der Waals surface area contributed by atoms with E-state index in [1.54, 1.807) is 23.9 Å². The van der Waals surface area contributed by atoms with Crippen LogP contribution in [0.15, 0.2) is 48.5 Å². The summed E-state index contributed by atoms with van der Waals surface area (Å²) in [6.07, 6.45) is 3.80. The van der Waals surface area contributed by atoms with Crippen LogP contribution in [0.4, 0.5) is 10.1 Å². The normalized spacial score (nSPS) is 14.3. The Labute approximate surface area is 159 Å². The Balaban J connectivity index is 1.40. The van der Waals surface area contributed by atoms with Crippen LogP contribution in [-0.2, 0) is 5.75 Å². The first-order chi connectivity index (χ1) is 12.7. The Morgan fingerprint density at radius 3 is 2.50 bits per heavy atom. The highest BCUT2D eigenvalue weighted by Gasteiger charge is 2.12. The van der Waals surface area contributed by atoms with Gasteiger partial charge in [0.05, 0.1) is 0 Å². The summed E-state index contributed by atoms with van der Waals surface area (Å²) in [4.78, 5) is 14.6.